The third kappa shape index (κ3) is 2.61. The van der Waals surface area contributed by atoms with E-state index in [1.54, 1.807) is 11.3 Å². The Labute approximate surface area is 135 Å². The Morgan fingerprint density at radius 2 is 1.64 bits per heavy atom. The Hall–Kier alpha value is -2.57. The van der Waals surface area contributed by atoms with Crippen molar-refractivity contribution in [2.75, 3.05) is 11.4 Å². The van der Waals surface area contributed by atoms with E-state index in [1.165, 1.54) is 0 Å². The van der Waals surface area contributed by atoms with Gasteiger partial charge in [-0.2, -0.15) is 0 Å². The van der Waals surface area contributed by atoms with Gasteiger partial charge in [0.1, 0.15) is 5.00 Å². The normalized spacial score (nSPS) is 10.2. The molecule has 0 saturated carbocycles. The van der Waals surface area contributed by atoms with Gasteiger partial charge in [0, 0.05) is 17.8 Å². The summed E-state index contributed by atoms with van der Waals surface area (Å²) in [4.78, 5) is 6.02. The molecule has 2 aromatic carbocycles. The summed E-state index contributed by atoms with van der Waals surface area (Å²) < 4.78 is 0. The van der Waals surface area contributed by atoms with Crippen molar-refractivity contribution in [3.05, 3.63) is 77.5 Å². The largest absolute Gasteiger partial charge is 0.342 e. The molecular weight excluding hydrogens is 288 g/mol. The van der Waals surface area contributed by atoms with Crippen LogP contribution >= 0.6 is 11.3 Å². The number of hydrogen-bond acceptors (Lipinski definition) is 2. The standard InChI is InChI=1S/C19H16N2S/c1-3-21(16-12-8-5-9-13-16)19-18(20-2)17(14-22-19)15-10-6-4-7-11-15/h4-14H,3H2,1H3. The maximum absolute atomic E-state index is 7.63. The third-order valence-electron chi connectivity index (χ3n) is 3.57. The van der Waals surface area contributed by atoms with Crippen LogP contribution in [0.2, 0.25) is 0 Å². The zero-order valence-electron chi connectivity index (χ0n) is 12.4. The summed E-state index contributed by atoms with van der Waals surface area (Å²) in [6, 6.07) is 20.4. The molecule has 3 aromatic rings. The van der Waals surface area contributed by atoms with Gasteiger partial charge in [0.25, 0.3) is 0 Å². The zero-order valence-corrected chi connectivity index (χ0v) is 13.2. The molecule has 0 bridgehead atoms. The first-order valence-corrected chi connectivity index (χ1v) is 8.10. The maximum Gasteiger partial charge on any atom is 0.228 e. The predicted octanol–water partition coefficient (Wildman–Crippen LogP) is 6.12. The van der Waals surface area contributed by atoms with Crippen molar-refractivity contribution in [1.29, 1.82) is 0 Å². The van der Waals surface area contributed by atoms with Crippen molar-refractivity contribution >= 4 is 27.7 Å². The molecule has 0 spiro atoms. The Bertz CT molecular complexity index is 785. The van der Waals surface area contributed by atoms with E-state index < -0.39 is 0 Å². The van der Waals surface area contributed by atoms with Gasteiger partial charge in [0.05, 0.1) is 6.57 Å². The van der Waals surface area contributed by atoms with Crippen molar-refractivity contribution in [3.8, 4) is 11.1 Å². The van der Waals surface area contributed by atoms with Crippen LogP contribution in [0.15, 0.2) is 66.0 Å². The number of para-hydroxylation sites is 1. The second-order valence-electron chi connectivity index (χ2n) is 4.86. The molecule has 108 valence electrons. The second-order valence-corrected chi connectivity index (χ2v) is 5.72. The van der Waals surface area contributed by atoms with Crippen molar-refractivity contribution in [2.45, 2.75) is 6.92 Å². The molecule has 0 unspecified atom stereocenters. The van der Waals surface area contributed by atoms with Gasteiger partial charge >= 0.3 is 0 Å². The molecule has 1 aromatic heterocycles. The first-order chi connectivity index (χ1) is 10.8. The SMILES string of the molecule is [C-]#[N+]c1c(-c2ccccc2)csc1N(CC)c1ccccc1. The Morgan fingerprint density at radius 3 is 2.23 bits per heavy atom. The van der Waals surface area contributed by atoms with Crippen LogP contribution in [-0.2, 0) is 0 Å². The highest BCUT2D eigenvalue weighted by atomic mass is 32.1. The molecule has 0 aliphatic carbocycles. The van der Waals surface area contributed by atoms with Crippen molar-refractivity contribution in [2.24, 2.45) is 0 Å². The maximum atomic E-state index is 7.63. The molecule has 22 heavy (non-hydrogen) atoms. The monoisotopic (exact) mass is 304 g/mol. The van der Waals surface area contributed by atoms with E-state index in [0.29, 0.717) is 0 Å². The van der Waals surface area contributed by atoms with Gasteiger partial charge in [0.2, 0.25) is 5.69 Å². The van der Waals surface area contributed by atoms with Crippen molar-refractivity contribution in [3.63, 3.8) is 0 Å². The van der Waals surface area contributed by atoms with Crippen LogP contribution in [0.1, 0.15) is 6.92 Å². The van der Waals surface area contributed by atoms with Gasteiger partial charge in [0.15, 0.2) is 0 Å². The van der Waals surface area contributed by atoms with Crippen LogP contribution in [0.4, 0.5) is 16.4 Å². The highest BCUT2D eigenvalue weighted by Gasteiger charge is 2.18. The molecule has 0 saturated heterocycles. The van der Waals surface area contributed by atoms with E-state index in [-0.39, 0.29) is 0 Å². The molecule has 0 aliphatic heterocycles. The molecule has 0 fully saturated rings. The fourth-order valence-electron chi connectivity index (χ4n) is 2.51. The lowest BCUT2D eigenvalue weighted by molar-refractivity contribution is 1.04. The van der Waals surface area contributed by atoms with Crippen LogP contribution in [0, 0.1) is 6.57 Å². The van der Waals surface area contributed by atoms with Crippen LogP contribution in [0.3, 0.4) is 0 Å². The topological polar surface area (TPSA) is 7.60 Å². The lowest BCUT2D eigenvalue weighted by Crippen LogP contribution is -2.14. The summed E-state index contributed by atoms with van der Waals surface area (Å²) in [5.74, 6) is 0. The van der Waals surface area contributed by atoms with Gasteiger partial charge in [-0.05, 0) is 30.0 Å². The van der Waals surface area contributed by atoms with Crippen LogP contribution in [0.5, 0.6) is 0 Å². The predicted molar refractivity (Wildman–Crippen MR) is 95.1 cm³/mol. The smallest absolute Gasteiger partial charge is 0.228 e. The average Bonchev–Trinajstić information content (AvgIpc) is 3.01. The van der Waals surface area contributed by atoms with E-state index in [2.05, 4.69) is 46.3 Å². The van der Waals surface area contributed by atoms with E-state index in [4.69, 9.17) is 6.57 Å². The van der Waals surface area contributed by atoms with Gasteiger partial charge in [-0.1, -0.05) is 48.5 Å². The lowest BCUT2D eigenvalue weighted by atomic mass is 10.1. The summed E-state index contributed by atoms with van der Waals surface area (Å²) in [6.07, 6.45) is 0. The molecule has 0 radical (unpaired) electrons. The first-order valence-electron chi connectivity index (χ1n) is 7.22. The highest BCUT2D eigenvalue weighted by Crippen LogP contribution is 2.46. The van der Waals surface area contributed by atoms with Gasteiger partial charge in [-0.15, -0.1) is 11.3 Å². The van der Waals surface area contributed by atoms with E-state index in [1.807, 2.05) is 36.4 Å². The fraction of sp³-hybridized carbons (Fsp3) is 0.105. The zero-order chi connectivity index (χ0) is 15.4. The fourth-order valence-corrected chi connectivity index (χ4v) is 3.62. The minimum absolute atomic E-state index is 0.738. The van der Waals surface area contributed by atoms with E-state index in [0.717, 1.165) is 34.0 Å². The molecule has 0 atom stereocenters. The number of benzene rings is 2. The molecule has 0 aliphatic rings. The number of rotatable bonds is 4. The molecule has 3 rings (SSSR count). The third-order valence-corrected chi connectivity index (χ3v) is 4.56. The molecular formula is C19H16N2S. The molecule has 1 heterocycles. The summed E-state index contributed by atoms with van der Waals surface area (Å²) in [7, 11) is 0. The minimum Gasteiger partial charge on any atom is -0.342 e. The van der Waals surface area contributed by atoms with Crippen LogP contribution < -0.4 is 4.90 Å². The van der Waals surface area contributed by atoms with Crippen molar-refractivity contribution < 1.29 is 0 Å². The highest BCUT2D eigenvalue weighted by molar-refractivity contribution is 7.15. The molecule has 0 N–H and O–H groups in total. The summed E-state index contributed by atoms with van der Waals surface area (Å²) in [5.41, 5.74) is 3.98. The Balaban J connectivity index is 2.09. The summed E-state index contributed by atoms with van der Waals surface area (Å²) >= 11 is 1.64. The molecule has 2 nitrogen and oxygen atoms in total. The van der Waals surface area contributed by atoms with Gasteiger partial charge in [-0.25, -0.2) is 4.85 Å². The quantitative estimate of drug-likeness (QED) is 0.526. The summed E-state index contributed by atoms with van der Waals surface area (Å²) in [6.45, 7) is 10.6. The van der Waals surface area contributed by atoms with Crippen LogP contribution in [0.25, 0.3) is 16.0 Å². The number of nitrogens with zero attached hydrogens (tertiary/aromatic N) is 2. The van der Waals surface area contributed by atoms with Crippen molar-refractivity contribution in [1.82, 2.24) is 0 Å². The second kappa shape index (κ2) is 6.46. The van der Waals surface area contributed by atoms with Gasteiger partial charge < -0.3 is 4.90 Å². The lowest BCUT2D eigenvalue weighted by Gasteiger charge is -2.22. The summed E-state index contributed by atoms with van der Waals surface area (Å²) in [5, 5.41) is 3.10. The molecule has 3 heteroatoms. The Kier molecular flexibility index (Phi) is 4.22. The molecule has 0 amide bonds. The number of hydrogen-bond donors (Lipinski definition) is 0. The number of anilines is 2. The minimum atomic E-state index is 0.738. The average molecular weight is 304 g/mol. The number of thiophene rings is 1. The van der Waals surface area contributed by atoms with E-state index >= 15 is 0 Å². The van der Waals surface area contributed by atoms with E-state index in [9.17, 15) is 0 Å². The Morgan fingerprint density at radius 1 is 1.00 bits per heavy atom. The van der Waals surface area contributed by atoms with Gasteiger partial charge in [-0.3, -0.25) is 0 Å². The first kappa shape index (κ1) is 14.4. The van der Waals surface area contributed by atoms with Crippen LogP contribution in [-0.4, -0.2) is 6.54 Å².